The fraction of sp³-hybridized carbons (Fsp3) is 0.527. The maximum absolute atomic E-state index is 13.8. The highest BCUT2D eigenvalue weighted by molar-refractivity contribution is 6.04. The van der Waals surface area contributed by atoms with Crippen molar-refractivity contribution in [2.24, 2.45) is 9.98 Å². The lowest BCUT2D eigenvalue weighted by molar-refractivity contribution is -0.108. The number of nitrogens with zero attached hydrogens (tertiary/aromatic N) is 6. The van der Waals surface area contributed by atoms with Gasteiger partial charge in [-0.1, -0.05) is 23.3 Å². The third kappa shape index (κ3) is 16.9. The van der Waals surface area contributed by atoms with Gasteiger partial charge in [-0.05, 0) is 63.9 Å². The second-order valence-electron chi connectivity index (χ2n) is 17.7. The van der Waals surface area contributed by atoms with E-state index in [2.05, 4.69) is 16.0 Å². The summed E-state index contributed by atoms with van der Waals surface area (Å²) in [5.41, 5.74) is 4.86. The summed E-state index contributed by atoms with van der Waals surface area (Å²) >= 11 is 0. The van der Waals surface area contributed by atoms with Gasteiger partial charge in [0.05, 0.1) is 108 Å². The van der Waals surface area contributed by atoms with Gasteiger partial charge in [-0.3, -0.25) is 29.5 Å². The number of aliphatic imine (C=N–C) groups is 2. The first-order valence-corrected chi connectivity index (χ1v) is 25.3. The van der Waals surface area contributed by atoms with Crippen molar-refractivity contribution in [2.45, 2.75) is 64.8 Å². The molecule has 0 aliphatic carbocycles. The van der Waals surface area contributed by atoms with Crippen LogP contribution in [-0.2, 0) is 41.7 Å². The Morgan fingerprint density at radius 1 is 0.730 bits per heavy atom. The first-order valence-electron chi connectivity index (χ1n) is 25.3. The van der Waals surface area contributed by atoms with Crippen LogP contribution >= 0.6 is 0 Å². The zero-order chi connectivity index (χ0) is 52.5. The number of hydrogen-bond acceptors (Lipinski definition) is 17. The maximum Gasteiger partial charge on any atom is 0.257 e. The molecule has 2 amide bonds. The van der Waals surface area contributed by atoms with E-state index in [1.165, 1.54) is 25.4 Å². The molecule has 19 heteroatoms. The Bertz CT molecular complexity index is 2410. The molecule has 3 aliphatic heterocycles. The van der Waals surface area contributed by atoms with Gasteiger partial charge in [0, 0.05) is 82.9 Å². The van der Waals surface area contributed by atoms with Gasteiger partial charge in [-0.25, -0.2) is 0 Å². The number of amides is 2. The van der Waals surface area contributed by atoms with Gasteiger partial charge in [0.25, 0.3) is 11.8 Å². The molecule has 3 aromatic rings. The summed E-state index contributed by atoms with van der Waals surface area (Å²) in [7, 11) is 6.41. The number of fused-ring (bicyclic) bond motifs is 2. The summed E-state index contributed by atoms with van der Waals surface area (Å²) in [5, 5.41) is 0. The number of rotatable bonds is 33. The van der Waals surface area contributed by atoms with Gasteiger partial charge >= 0.3 is 0 Å². The molecule has 1 aromatic heterocycles. The van der Waals surface area contributed by atoms with Gasteiger partial charge in [-0.15, -0.1) is 0 Å². The highest BCUT2D eigenvalue weighted by atomic mass is 16.6. The minimum Gasteiger partial charge on any atom is -0.493 e. The number of ether oxygens (including phenoxy) is 10. The van der Waals surface area contributed by atoms with E-state index in [1.54, 1.807) is 44.5 Å². The smallest absolute Gasteiger partial charge is 0.257 e. The fourth-order valence-electron chi connectivity index (χ4n) is 8.64. The lowest BCUT2D eigenvalue weighted by Gasteiger charge is -2.22. The van der Waals surface area contributed by atoms with Crippen LogP contribution in [0.4, 0.5) is 5.69 Å². The molecule has 0 spiro atoms. The van der Waals surface area contributed by atoms with Crippen LogP contribution < -0.4 is 23.7 Å². The van der Waals surface area contributed by atoms with Crippen molar-refractivity contribution in [2.75, 3.05) is 127 Å². The Hall–Kier alpha value is -6.22. The average Bonchev–Trinajstić information content (AvgIpc) is 4.02. The molecule has 19 nitrogen and oxygen atoms in total. The van der Waals surface area contributed by atoms with Crippen molar-refractivity contribution in [3.8, 4) is 28.7 Å². The van der Waals surface area contributed by atoms with Crippen LogP contribution in [0.25, 0.3) is 0 Å². The summed E-state index contributed by atoms with van der Waals surface area (Å²) in [6, 6.07) is 11.9. The Morgan fingerprint density at radius 3 is 2.01 bits per heavy atom. The number of carbonyl (C=O) groups excluding carboxylic acids is 3. The molecule has 0 radical (unpaired) electrons. The van der Waals surface area contributed by atoms with Crippen molar-refractivity contribution in [3.63, 3.8) is 0 Å². The third-order valence-electron chi connectivity index (χ3n) is 12.7. The predicted molar refractivity (Wildman–Crippen MR) is 280 cm³/mol. The van der Waals surface area contributed by atoms with E-state index in [9.17, 15) is 14.4 Å². The Morgan fingerprint density at radius 2 is 1.36 bits per heavy atom. The summed E-state index contributed by atoms with van der Waals surface area (Å²) < 4.78 is 58.0. The molecule has 6 rings (SSSR count). The first-order chi connectivity index (χ1) is 36.2. The second kappa shape index (κ2) is 30.9. The van der Waals surface area contributed by atoms with Crippen LogP contribution in [0, 0.1) is 0 Å². The first kappa shape index (κ1) is 57.1. The largest absolute Gasteiger partial charge is 0.493 e. The zero-order valence-electron chi connectivity index (χ0n) is 43.9. The molecule has 3 aliphatic rings. The van der Waals surface area contributed by atoms with E-state index in [0.29, 0.717) is 169 Å². The molecule has 1 unspecified atom stereocenters. The molecule has 0 saturated carbocycles. The van der Waals surface area contributed by atoms with Crippen molar-refractivity contribution in [3.05, 3.63) is 88.3 Å². The van der Waals surface area contributed by atoms with Crippen LogP contribution in [0.3, 0.4) is 0 Å². The maximum atomic E-state index is 13.8. The Kier molecular flexibility index (Phi) is 23.8. The highest BCUT2D eigenvalue weighted by Crippen LogP contribution is 2.39. The molecule has 2 atom stereocenters. The van der Waals surface area contributed by atoms with Crippen molar-refractivity contribution in [1.82, 2.24) is 19.7 Å². The van der Waals surface area contributed by atoms with Gasteiger partial charge in [0.1, 0.15) is 31.9 Å². The van der Waals surface area contributed by atoms with Crippen LogP contribution in [0.2, 0.25) is 0 Å². The number of pyridine rings is 1. The van der Waals surface area contributed by atoms with Crippen molar-refractivity contribution < 1.29 is 61.8 Å². The number of benzene rings is 2. The average molecular weight is 1030 g/mol. The number of methoxy groups -OCH3 is 3. The van der Waals surface area contributed by atoms with Crippen LogP contribution in [-0.4, -0.2) is 189 Å². The molecule has 2 saturated heterocycles. The highest BCUT2D eigenvalue weighted by Gasteiger charge is 2.35. The van der Waals surface area contributed by atoms with Gasteiger partial charge in [-0.2, -0.15) is 0 Å². The van der Waals surface area contributed by atoms with Crippen molar-refractivity contribution >= 4 is 36.2 Å². The molecule has 2 aromatic carbocycles. The Balaban J connectivity index is 1.12. The fourth-order valence-corrected chi connectivity index (χ4v) is 8.64. The molecular weight excluding hydrogens is 953 g/mol. The minimum atomic E-state index is -0.130. The molecule has 0 N–H and O–H groups in total. The topological polar surface area (TPSA) is 191 Å². The standard InChI is InChI=1S/C55H74N6O13/c1-7-40-27-45(34-56-3)60(36-40)54(63)42-11-12-50(51(29-42)66-5)73-38-43-30-47(72-18-15-59(13-9-10-16-62)14-17-68-21-22-70-25-26-71-24-23-69-20-19-65-4)31-44(58-43)39-74-53-33-49-48(32-52(53)67-6)55(64)61-37-41(8-2)28-46(61)35-57-49/h7-8,11-12,16,29-35,45-46H,9-10,13-15,17-28,36-39H2,1-6H3/b40-7+,41-8+,56-34?/t45-,46?/m0/s1. The molecule has 2 fully saturated rings. The van der Waals surface area contributed by atoms with Crippen LogP contribution in [0.5, 0.6) is 28.7 Å². The van der Waals surface area contributed by atoms with Crippen molar-refractivity contribution in [1.29, 1.82) is 0 Å². The van der Waals surface area contributed by atoms with E-state index < -0.39 is 0 Å². The number of hydrogen-bond donors (Lipinski definition) is 0. The van der Waals surface area contributed by atoms with E-state index in [1.807, 2.05) is 54.3 Å². The van der Waals surface area contributed by atoms with Gasteiger partial charge < -0.3 is 62.0 Å². The molecule has 74 heavy (non-hydrogen) atoms. The SMILES string of the molecule is C/C=C1\CC2C=Nc3cc(OCc4cc(OCCN(CCCC=O)CCOCCOCCOCCOCCOC)cc(COc5ccc(C(=O)N6C/C(=C/C)C[C@H]6C=NC)cc5OC)n4)c(OC)cc3C(=O)N2C1. The van der Waals surface area contributed by atoms with Gasteiger partial charge in [0.15, 0.2) is 23.0 Å². The number of allylic oxidation sites excluding steroid dienone is 2. The summed E-state index contributed by atoms with van der Waals surface area (Å²) in [6.45, 7) is 11.7. The number of likely N-dealkylation sites (tertiary alicyclic amines) is 1. The third-order valence-corrected chi connectivity index (χ3v) is 12.7. The predicted octanol–water partition coefficient (Wildman–Crippen LogP) is 6.37. The Labute approximate surface area is 435 Å². The number of aldehydes is 1. The lowest BCUT2D eigenvalue weighted by atomic mass is 10.1. The summed E-state index contributed by atoms with van der Waals surface area (Å²) in [5.74, 6) is 1.89. The van der Waals surface area contributed by atoms with E-state index in [4.69, 9.17) is 57.3 Å². The number of carbonyl (C=O) groups is 3. The second-order valence-corrected chi connectivity index (χ2v) is 17.7. The molecule has 0 bridgehead atoms. The quantitative estimate of drug-likeness (QED) is 0.0283. The van der Waals surface area contributed by atoms with E-state index in [-0.39, 0.29) is 37.1 Å². The van der Waals surface area contributed by atoms with E-state index in [0.717, 1.165) is 19.1 Å². The zero-order valence-corrected chi connectivity index (χ0v) is 43.9. The van der Waals surface area contributed by atoms with Crippen LogP contribution in [0.15, 0.2) is 75.7 Å². The normalized spacial score (nSPS) is 17.4. The number of unbranched alkanes of at least 4 members (excludes halogenated alkanes) is 1. The summed E-state index contributed by atoms with van der Waals surface area (Å²) in [6.07, 6.45) is 11.3. The minimum absolute atomic E-state index is 0.0158. The lowest BCUT2D eigenvalue weighted by Crippen LogP contribution is -2.36. The van der Waals surface area contributed by atoms with E-state index >= 15 is 0 Å². The number of aromatic nitrogens is 1. The molecule has 4 heterocycles. The van der Waals surface area contributed by atoms with Gasteiger partial charge in [0.2, 0.25) is 0 Å². The molecular formula is C55H74N6O13. The summed E-state index contributed by atoms with van der Waals surface area (Å²) in [4.78, 5) is 58.4. The monoisotopic (exact) mass is 1030 g/mol. The van der Waals surface area contributed by atoms with Crippen LogP contribution in [0.1, 0.15) is 71.6 Å². The molecule has 402 valence electrons.